The summed E-state index contributed by atoms with van der Waals surface area (Å²) in [6.07, 6.45) is 3.66. The molecule has 4 nitrogen and oxygen atoms in total. The van der Waals surface area contributed by atoms with Crippen molar-refractivity contribution in [3.63, 3.8) is 0 Å². The van der Waals surface area contributed by atoms with Gasteiger partial charge in [0.1, 0.15) is 0 Å². The number of rotatable bonds is 5. The fourth-order valence-electron chi connectivity index (χ4n) is 2.46. The normalized spacial score (nSPS) is 21.5. The molecular weight excluding hydrogens is 240 g/mol. The average Bonchev–Trinajstić information content (AvgIpc) is 2.64. The highest BCUT2D eigenvalue weighted by Crippen LogP contribution is 2.09. The first-order valence-corrected chi connectivity index (χ1v) is 6.98. The summed E-state index contributed by atoms with van der Waals surface area (Å²) in [5.74, 6) is 0.0593. The molecule has 0 bridgehead atoms. The van der Waals surface area contributed by atoms with Crippen LogP contribution in [0.1, 0.15) is 24.8 Å². The minimum absolute atomic E-state index is 0.0404. The van der Waals surface area contributed by atoms with E-state index in [2.05, 4.69) is 10.6 Å². The summed E-state index contributed by atoms with van der Waals surface area (Å²) in [5, 5.41) is 15.7. The van der Waals surface area contributed by atoms with Crippen LogP contribution < -0.4 is 10.6 Å². The first-order chi connectivity index (χ1) is 9.29. The minimum atomic E-state index is -0.177. The predicted molar refractivity (Wildman–Crippen MR) is 74.8 cm³/mol. The second-order valence-electron chi connectivity index (χ2n) is 5.08. The second-order valence-corrected chi connectivity index (χ2v) is 5.08. The first-order valence-electron chi connectivity index (χ1n) is 6.98. The maximum Gasteiger partial charge on any atom is 0.237 e. The maximum absolute atomic E-state index is 11.9. The number of amides is 1. The van der Waals surface area contributed by atoms with E-state index in [9.17, 15) is 9.90 Å². The van der Waals surface area contributed by atoms with Crippen molar-refractivity contribution in [3.05, 3.63) is 35.9 Å². The molecule has 1 heterocycles. The zero-order valence-corrected chi connectivity index (χ0v) is 11.1. The van der Waals surface area contributed by atoms with E-state index in [0.717, 1.165) is 32.2 Å². The third-order valence-electron chi connectivity index (χ3n) is 3.52. The number of hydrogen-bond acceptors (Lipinski definition) is 3. The summed E-state index contributed by atoms with van der Waals surface area (Å²) in [6.45, 7) is 0.804. The molecule has 3 N–H and O–H groups in total. The van der Waals surface area contributed by atoms with Crippen LogP contribution in [0, 0.1) is 0 Å². The number of aliphatic hydroxyl groups excluding tert-OH is 1. The van der Waals surface area contributed by atoms with E-state index in [1.807, 2.05) is 30.3 Å². The Hall–Kier alpha value is -1.39. The van der Waals surface area contributed by atoms with Crippen LogP contribution in [-0.4, -0.2) is 36.2 Å². The maximum atomic E-state index is 11.9. The van der Waals surface area contributed by atoms with Crippen molar-refractivity contribution < 1.29 is 9.90 Å². The van der Waals surface area contributed by atoms with Gasteiger partial charge in [0.05, 0.1) is 12.6 Å². The van der Waals surface area contributed by atoms with Crippen LogP contribution in [0.4, 0.5) is 0 Å². The number of hydrogen-bond donors (Lipinski definition) is 3. The van der Waals surface area contributed by atoms with Gasteiger partial charge < -0.3 is 15.7 Å². The number of carbonyl (C=O) groups excluding carboxylic acids is 1. The van der Waals surface area contributed by atoms with Crippen LogP contribution in [0.15, 0.2) is 30.3 Å². The second kappa shape index (κ2) is 7.26. The SMILES string of the molecule is O=C1NCCCCC1NC(CO)Cc1ccccc1. The van der Waals surface area contributed by atoms with E-state index < -0.39 is 0 Å². The highest BCUT2D eigenvalue weighted by atomic mass is 16.3. The Morgan fingerprint density at radius 2 is 2.11 bits per heavy atom. The fraction of sp³-hybridized carbons (Fsp3) is 0.533. The van der Waals surface area contributed by atoms with Crippen molar-refractivity contribution >= 4 is 5.91 Å². The molecule has 1 saturated heterocycles. The molecule has 1 aliphatic rings. The van der Waals surface area contributed by atoms with Crippen molar-refractivity contribution in [2.75, 3.05) is 13.2 Å². The quantitative estimate of drug-likeness (QED) is 0.737. The molecule has 19 heavy (non-hydrogen) atoms. The van der Waals surface area contributed by atoms with Crippen molar-refractivity contribution in [3.8, 4) is 0 Å². The minimum Gasteiger partial charge on any atom is -0.395 e. The van der Waals surface area contributed by atoms with E-state index in [4.69, 9.17) is 0 Å². The van der Waals surface area contributed by atoms with E-state index in [1.54, 1.807) is 0 Å². The van der Waals surface area contributed by atoms with E-state index in [-0.39, 0.29) is 24.6 Å². The fourth-order valence-corrected chi connectivity index (χ4v) is 2.46. The molecule has 1 fully saturated rings. The molecule has 1 aromatic carbocycles. The molecule has 0 radical (unpaired) electrons. The number of aliphatic hydroxyl groups is 1. The van der Waals surface area contributed by atoms with Crippen LogP contribution in [0.3, 0.4) is 0 Å². The summed E-state index contributed by atoms with van der Waals surface area (Å²) in [5.41, 5.74) is 1.17. The number of nitrogens with one attached hydrogen (secondary N) is 2. The Bertz CT molecular complexity index is 394. The molecule has 2 unspecified atom stereocenters. The summed E-state index contributed by atoms with van der Waals surface area (Å²) in [4.78, 5) is 11.9. The monoisotopic (exact) mass is 262 g/mol. The number of benzene rings is 1. The molecule has 0 saturated carbocycles. The van der Waals surface area contributed by atoms with Gasteiger partial charge in [0, 0.05) is 12.6 Å². The van der Waals surface area contributed by atoms with E-state index >= 15 is 0 Å². The van der Waals surface area contributed by atoms with Gasteiger partial charge in [-0.1, -0.05) is 30.3 Å². The van der Waals surface area contributed by atoms with E-state index in [0.29, 0.717) is 0 Å². The van der Waals surface area contributed by atoms with Gasteiger partial charge in [0.25, 0.3) is 0 Å². The molecule has 4 heteroatoms. The molecule has 1 aliphatic heterocycles. The molecule has 2 rings (SSSR count). The van der Waals surface area contributed by atoms with Gasteiger partial charge in [-0.15, -0.1) is 0 Å². The van der Waals surface area contributed by atoms with Crippen molar-refractivity contribution in [2.24, 2.45) is 0 Å². The third-order valence-corrected chi connectivity index (χ3v) is 3.52. The molecule has 104 valence electrons. The van der Waals surface area contributed by atoms with Crippen LogP contribution in [0.5, 0.6) is 0 Å². The number of carbonyl (C=O) groups is 1. The Morgan fingerprint density at radius 1 is 1.32 bits per heavy atom. The molecule has 0 aromatic heterocycles. The average molecular weight is 262 g/mol. The van der Waals surface area contributed by atoms with Gasteiger partial charge in [-0.05, 0) is 31.2 Å². The molecular formula is C15H22N2O2. The standard InChI is InChI=1S/C15H22N2O2/c18-11-13(10-12-6-2-1-3-7-12)17-14-8-4-5-9-16-15(14)19/h1-3,6-7,13-14,17-18H,4-5,8-11H2,(H,16,19). The Labute approximate surface area is 114 Å². The third kappa shape index (κ3) is 4.33. The molecule has 1 amide bonds. The van der Waals surface area contributed by atoms with Gasteiger partial charge in [-0.2, -0.15) is 0 Å². The highest BCUT2D eigenvalue weighted by Gasteiger charge is 2.23. The summed E-state index contributed by atoms with van der Waals surface area (Å²) in [7, 11) is 0. The van der Waals surface area contributed by atoms with Crippen LogP contribution in [0.25, 0.3) is 0 Å². The Balaban J connectivity index is 1.92. The van der Waals surface area contributed by atoms with E-state index in [1.165, 1.54) is 5.56 Å². The lowest BCUT2D eigenvalue weighted by atomic mass is 10.0. The largest absolute Gasteiger partial charge is 0.395 e. The summed E-state index contributed by atoms with van der Waals surface area (Å²) >= 11 is 0. The van der Waals surface area contributed by atoms with Gasteiger partial charge in [-0.25, -0.2) is 0 Å². The van der Waals surface area contributed by atoms with Crippen LogP contribution >= 0.6 is 0 Å². The lowest BCUT2D eigenvalue weighted by Crippen LogP contribution is -2.49. The van der Waals surface area contributed by atoms with Crippen molar-refractivity contribution in [1.29, 1.82) is 0 Å². The van der Waals surface area contributed by atoms with Gasteiger partial charge >= 0.3 is 0 Å². The highest BCUT2D eigenvalue weighted by molar-refractivity contribution is 5.81. The van der Waals surface area contributed by atoms with Crippen molar-refractivity contribution in [1.82, 2.24) is 10.6 Å². The molecule has 0 spiro atoms. The Kier molecular flexibility index (Phi) is 5.36. The zero-order chi connectivity index (χ0) is 13.5. The topological polar surface area (TPSA) is 61.4 Å². The smallest absolute Gasteiger partial charge is 0.237 e. The Morgan fingerprint density at radius 3 is 2.84 bits per heavy atom. The molecule has 1 aromatic rings. The molecule has 0 aliphatic carbocycles. The summed E-state index contributed by atoms with van der Waals surface area (Å²) < 4.78 is 0. The van der Waals surface area contributed by atoms with Gasteiger partial charge in [0.2, 0.25) is 5.91 Å². The molecule has 2 atom stereocenters. The first kappa shape index (κ1) is 14.0. The summed E-state index contributed by atoms with van der Waals surface area (Å²) in [6, 6.07) is 9.78. The predicted octanol–water partition coefficient (Wildman–Crippen LogP) is 0.848. The lowest BCUT2D eigenvalue weighted by Gasteiger charge is -2.22. The van der Waals surface area contributed by atoms with Gasteiger partial charge in [-0.3, -0.25) is 4.79 Å². The van der Waals surface area contributed by atoms with Crippen LogP contribution in [-0.2, 0) is 11.2 Å². The van der Waals surface area contributed by atoms with Crippen molar-refractivity contribution in [2.45, 2.75) is 37.8 Å². The lowest BCUT2D eigenvalue weighted by molar-refractivity contribution is -0.123. The zero-order valence-electron chi connectivity index (χ0n) is 11.1. The van der Waals surface area contributed by atoms with Crippen LogP contribution in [0.2, 0.25) is 0 Å². The van der Waals surface area contributed by atoms with Gasteiger partial charge in [0.15, 0.2) is 0 Å².